The van der Waals surface area contributed by atoms with Crippen LogP contribution in [0.4, 0.5) is 5.95 Å². The van der Waals surface area contributed by atoms with E-state index in [9.17, 15) is 0 Å². The molecular formula is C12H11N5OS. The lowest BCUT2D eigenvalue weighted by molar-refractivity contribution is 0.287. The Hall–Kier alpha value is -2.33. The molecule has 2 aromatic rings. The second-order valence-electron chi connectivity index (χ2n) is 3.49. The van der Waals surface area contributed by atoms with Crippen molar-refractivity contribution in [2.75, 3.05) is 12.0 Å². The molecule has 2 heterocycles. The predicted molar refractivity (Wildman–Crippen MR) is 71.5 cm³/mol. The van der Waals surface area contributed by atoms with Gasteiger partial charge in [-0.25, -0.2) is 4.98 Å². The molecule has 0 spiro atoms. The molecule has 0 bridgehead atoms. The maximum atomic E-state index is 9.14. The topological polar surface area (TPSA) is 97.7 Å². The van der Waals surface area contributed by atoms with E-state index >= 15 is 0 Å². The number of rotatable bonds is 4. The first-order valence-electron chi connectivity index (χ1n) is 5.39. The third kappa shape index (κ3) is 3.11. The Morgan fingerprint density at radius 1 is 1.42 bits per heavy atom. The largest absolute Gasteiger partial charge is 0.470 e. The molecule has 0 aromatic carbocycles. The molecule has 0 saturated carbocycles. The minimum Gasteiger partial charge on any atom is -0.470 e. The molecule has 0 aliphatic rings. The molecule has 7 heteroatoms. The number of nitriles is 1. The number of thioether (sulfide) groups is 1. The van der Waals surface area contributed by atoms with Crippen LogP contribution in [-0.4, -0.2) is 21.2 Å². The van der Waals surface area contributed by atoms with E-state index in [0.717, 1.165) is 5.69 Å². The number of ether oxygens (including phenoxy) is 1. The van der Waals surface area contributed by atoms with Gasteiger partial charge in [-0.2, -0.15) is 10.2 Å². The van der Waals surface area contributed by atoms with Gasteiger partial charge < -0.3 is 10.5 Å². The Balaban J connectivity index is 2.25. The van der Waals surface area contributed by atoms with E-state index in [1.165, 1.54) is 11.8 Å². The highest BCUT2D eigenvalue weighted by atomic mass is 32.2. The van der Waals surface area contributed by atoms with Gasteiger partial charge in [0.1, 0.15) is 23.3 Å². The molecule has 0 fully saturated rings. The van der Waals surface area contributed by atoms with Gasteiger partial charge in [-0.15, -0.1) is 11.8 Å². The maximum absolute atomic E-state index is 9.14. The number of nitrogen functional groups attached to an aromatic ring is 1. The van der Waals surface area contributed by atoms with Crippen molar-refractivity contribution in [2.45, 2.75) is 11.6 Å². The van der Waals surface area contributed by atoms with Crippen molar-refractivity contribution >= 4 is 17.7 Å². The van der Waals surface area contributed by atoms with Crippen LogP contribution in [0.2, 0.25) is 0 Å². The zero-order chi connectivity index (χ0) is 13.7. The summed E-state index contributed by atoms with van der Waals surface area (Å²) in [7, 11) is 0. The van der Waals surface area contributed by atoms with Crippen LogP contribution in [0, 0.1) is 11.3 Å². The van der Waals surface area contributed by atoms with Gasteiger partial charge in [0.2, 0.25) is 11.8 Å². The summed E-state index contributed by atoms with van der Waals surface area (Å²) in [5.41, 5.74) is 6.62. The van der Waals surface area contributed by atoms with Gasteiger partial charge in [0.25, 0.3) is 0 Å². The highest BCUT2D eigenvalue weighted by Crippen LogP contribution is 2.26. The average molecular weight is 273 g/mol. The number of nitrogens with zero attached hydrogens (tertiary/aromatic N) is 4. The minimum absolute atomic E-state index is 0.0828. The highest BCUT2D eigenvalue weighted by Gasteiger charge is 2.14. The fourth-order valence-electron chi connectivity index (χ4n) is 1.41. The van der Waals surface area contributed by atoms with E-state index in [0.29, 0.717) is 5.03 Å². The van der Waals surface area contributed by atoms with Crippen LogP contribution >= 0.6 is 11.8 Å². The molecule has 0 saturated heterocycles. The summed E-state index contributed by atoms with van der Waals surface area (Å²) >= 11 is 1.32. The number of anilines is 1. The average Bonchev–Trinajstić information content (AvgIpc) is 2.45. The Morgan fingerprint density at radius 2 is 2.26 bits per heavy atom. The van der Waals surface area contributed by atoms with Crippen LogP contribution in [0.5, 0.6) is 5.88 Å². The molecule has 0 aliphatic carbocycles. The Morgan fingerprint density at radius 3 is 2.89 bits per heavy atom. The molecule has 0 unspecified atom stereocenters. The molecular weight excluding hydrogens is 262 g/mol. The van der Waals surface area contributed by atoms with E-state index in [-0.39, 0.29) is 24.0 Å². The van der Waals surface area contributed by atoms with Crippen molar-refractivity contribution in [3.05, 3.63) is 35.7 Å². The quantitative estimate of drug-likeness (QED) is 0.667. The van der Waals surface area contributed by atoms with Crippen molar-refractivity contribution in [2.24, 2.45) is 0 Å². The van der Waals surface area contributed by atoms with Crippen LogP contribution in [0.1, 0.15) is 11.3 Å². The summed E-state index contributed by atoms with van der Waals surface area (Å²) in [6.45, 7) is 0.222. The summed E-state index contributed by atoms with van der Waals surface area (Å²) in [6, 6.07) is 7.54. The van der Waals surface area contributed by atoms with Crippen molar-refractivity contribution in [3.8, 4) is 11.9 Å². The number of pyridine rings is 1. The van der Waals surface area contributed by atoms with Crippen molar-refractivity contribution in [1.82, 2.24) is 15.0 Å². The molecule has 0 atom stereocenters. The number of aromatic nitrogens is 3. The Bertz CT molecular complexity index is 612. The van der Waals surface area contributed by atoms with E-state index in [1.54, 1.807) is 6.20 Å². The van der Waals surface area contributed by atoms with Gasteiger partial charge in [-0.1, -0.05) is 6.07 Å². The summed E-state index contributed by atoms with van der Waals surface area (Å²) < 4.78 is 5.51. The number of hydrogen-bond donors (Lipinski definition) is 1. The third-order valence-electron chi connectivity index (χ3n) is 2.25. The van der Waals surface area contributed by atoms with Gasteiger partial charge >= 0.3 is 0 Å². The Labute approximate surface area is 114 Å². The fourth-order valence-corrected chi connectivity index (χ4v) is 1.93. The lowest BCUT2D eigenvalue weighted by atomic mass is 10.3. The van der Waals surface area contributed by atoms with Gasteiger partial charge in [0.05, 0.1) is 5.69 Å². The lowest BCUT2D eigenvalue weighted by Gasteiger charge is -2.08. The molecule has 96 valence electrons. The van der Waals surface area contributed by atoms with E-state index < -0.39 is 0 Å². The van der Waals surface area contributed by atoms with Gasteiger partial charge in [-0.3, -0.25) is 4.98 Å². The third-order valence-corrected chi connectivity index (χ3v) is 2.93. The standard InChI is InChI=1S/C12H11N5OS/c1-19-11-9(6-13)10(16-12(14)17-11)18-7-8-4-2-3-5-15-8/h2-5H,7H2,1H3,(H2,14,16,17). The zero-order valence-electron chi connectivity index (χ0n) is 10.2. The second kappa shape index (κ2) is 6.02. The minimum atomic E-state index is 0.0828. The van der Waals surface area contributed by atoms with Gasteiger partial charge in [0, 0.05) is 6.20 Å². The first-order chi connectivity index (χ1) is 9.24. The van der Waals surface area contributed by atoms with Crippen LogP contribution in [0.3, 0.4) is 0 Å². The summed E-state index contributed by atoms with van der Waals surface area (Å²) in [4.78, 5) is 12.1. The van der Waals surface area contributed by atoms with Crippen LogP contribution < -0.4 is 10.5 Å². The summed E-state index contributed by atoms with van der Waals surface area (Å²) in [5, 5.41) is 9.64. The van der Waals surface area contributed by atoms with Crippen molar-refractivity contribution in [1.29, 1.82) is 5.26 Å². The predicted octanol–water partition coefficient (Wildman–Crippen LogP) is 1.63. The SMILES string of the molecule is CSc1nc(N)nc(OCc2ccccn2)c1C#N. The lowest BCUT2D eigenvalue weighted by Crippen LogP contribution is -2.06. The molecule has 19 heavy (non-hydrogen) atoms. The molecule has 0 amide bonds. The van der Waals surface area contributed by atoms with Gasteiger partial charge in [0.15, 0.2) is 0 Å². The zero-order valence-corrected chi connectivity index (χ0v) is 11.0. The molecule has 2 rings (SSSR count). The van der Waals surface area contributed by atoms with Crippen LogP contribution in [0.15, 0.2) is 29.4 Å². The second-order valence-corrected chi connectivity index (χ2v) is 4.29. The molecule has 2 N–H and O–H groups in total. The summed E-state index contributed by atoms with van der Waals surface area (Å²) in [6.07, 6.45) is 3.48. The van der Waals surface area contributed by atoms with Crippen molar-refractivity contribution < 1.29 is 4.74 Å². The first kappa shape index (κ1) is 13.1. The first-order valence-corrected chi connectivity index (χ1v) is 6.61. The molecule has 0 radical (unpaired) electrons. The fraction of sp³-hybridized carbons (Fsp3) is 0.167. The van der Waals surface area contributed by atoms with Crippen molar-refractivity contribution in [3.63, 3.8) is 0 Å². The van der Waals surface area contributed by atoms with Crippen LogP contribution in [0.25, 0.3) is 0 Å². The Kier molecular flexibility index (Phi) is 4.15. The van der Waals surface area contributed by atoms with E-state index in [4.69, 9.17) is 15.7 Å². The normalized spacial score (nSPS) is 9.89. The molecule has 2 aromatic heterocycles. The van der Waals surface area contributed by atoms with Crippen LogP contribution in [-0.2, 0) is 6.61 Å². The maximum Gasteiger partial charge on any atom is 0.238 e. The van der Waals surface area contributed by atoms with E-state index in [1.807, 2.05) is 30.5 Å². The highest BCUT2D eigenvalue weighted by molar-refractivity contribution is 7.98. The molecule has 0 aliphatic heterocycles. The number of nitrogens with two attached hydrogens (primary N) is 1. The summed E-state index contributed by atoms with van der Waals surface area (Å²) in [5.74, 6) is 0.268. The van der Waals surface area contributed by atoms with Gasteiger partial charge in [-0.05, 0) is 18.4 Å². The van der Waals surface area contributed by atoms with E-state index in [2.05, 4.69) is 15.0 Å². The number of hydrogen-bond acceptors (Lipinski definition) is 7. The molecule has 6 nitrogen and oxygen atoms in total. The smallest absolute Gasteiger partial charge is 0.238 e. The monoisotopic (exact) mass is 273 g/mol.